The maximum absolute atomic E-state index is 5.76. The summed E-state index contributed by atoms with van der Waals surface area (Å²) in [7, 11) is 1.73. The van der Waals surface area contributed by atoms with E-state index < -0.39 is 5.79 Å². The molecule has 2 atom stereocenters. The topological polar surface area (TPSA) is 44.5 Å². The van der Waals surface area contributed by atoms with Gasteiger partial charge in [0.15, 0.2) is 5.79 Å². The molecule has 2 N–H and O–H groups in total. The first kappa shape index (κ1) is 12.0. The van der Waals surface area contributed by atoms with E-state index in [0.717, 1.165) is 38.8 Å². The van der Waals surface area contributed by atoms with Gasteiger partial charge in [-0.25, -0.2) is 0 Å². The summed E-state index contributed by atoms with van der Waals surface area (Å²) >= 11 is 0. The molecule has 1 aliphatic heterocycles. The van der Waals surface area contributed by atoms with E-state index in [9.17, 15) is 0 Å². The van der Waals surface area contributed by atoms with Gasteiger partial charge in [0.25, 0.3) is 0 Å². The Labute approximate surface area is 86.9 Å². The summed E-state index contributed by atoms with van der Waals surface area (Å²) in [6.45, 7) is 5.84. The first-order valence-corrected chi connectivity index (χ1v) is 5.47. The van der Waals surface area contributed by atoms with Gasteiger partial charge in [-0.1, -0.05) is 6.92 Å². The summed E-state index contributed by atoms with van der Waals surface area (Å²) in [5, 5.41) is 0. The monoisotopic (exact) mass is 201 g/mol. The molecule has 0 aromatic rings. The van der Waals surface area contributed by atoms with Gasteiger partial charge < -0.3 is 15.2 Å². The highest BCUT2D eigenvalue weighted by Crippen LogP contribution is 2.45. The Kier molecular flexibility index (Phi) is 3.93. The van der Waals surface area contributed by atoms with Crippen LogP contribution in [0.1, 0.15) is 39.5 Å². The van der Waals surface area contributed by atoms with Gasteiger partial charge in [0.05, 0.1) is 6.61 Å². The van der Waals surface area contributed by atoms with Crippen LogP contribution in [0.5, 0.6) is 0 Å². The van der Waals surface area contributed by atoms with Crippen LogP contribution in [0, 0.1) is 5.41 Å². The maximum atomic E-state index is 5.76. The molecule has 1 saturated heterocycles. The highest BCUT2D eigenvalue weighted by Gasteiger charge is 2.47. The van der Waals surface area contributed by atoms with Crippen LogP contribution in [0.25, 0.3) is 0 Å². The fourth-order valence-corrected chi connectivity index (χ4v) is 2.28. The molecule has 0 amide bonds. The smallest absolute Gasteiger partial charge is 0.170 e. The van der Waals surface area contributed by atoms with E-state index in [1.165, 1.54) is 0 Å². The van der Waals surface area contributed by atoms with Gasteiger partial charge >= 0.3 is 0 Å². The van der Waals surface area contributed by atoms with Crippen LogP contribution in [0.15, 0.2) is 0 Å². The quantitative estimate of drug-likeness (QED) is 0.755. The number of hydrogen-bond acceptors (Lipinski definition) is 3. The second kappa shape index (κ2) is 4.60. The van der Waals surface area contributed by atoms with Crippen molar-refractivity contribution in [1.82, 2.24) is 0 Å². The zero-order valence-electron chi connectivity index (χ0n) is 9.64. The van der Waals surface area contributed by atoms with Gasteiger partial charge in [-0.3, -0.25) is 0 Å². The molecule has 3 nitrogen and oxygen atoms in total. The van der Waals surface area contributed by atoms with E-state index in [-0.39, 0.29) is 5.41 Å². The molecule has 1 heterocycles. The molecule has 0 bridgehead atoms. The Morgan fingerprint density at radius 2 is 2.14 bits per heavy atom. The molecule has 0 radical (unpaired) electrons. The Bertz CT molecular complexity index is 186. The van der Waals surface area contributed by atoms with Crippen LogP contribution in [-0.2, 0) is 9.47 Å². The lowest BCUT2D eigenvalue weighted by atomic mass is 9.73. The third-order valence-corrected chi connectivity index (χ3v) is 3.67. The lowest BCUT2D eigenvalue weighted by Gasteiger charge is -2.48. The fraction of sp³-hybridized carbons (Fsp3) is 1.00. The zero-order valence-corrected chi connectivity index (χ0v) is 9.64. The van der Waals surface area contributed by atoms with E-state index in [1.807, 2.05) is 6.92 Å². The molecule has 0 spiro atoms. The molecule has 0 aromatic heterocycles. The van der Waals surface area contributed by atoms with Gasteiger partial charge in [-0.15, -0.1) is 0 Å². The fourth-order valence-electron chi connectivity index (χ4n) is 2.28. The summed E-state index contributed by atoms with van der Waals surface area (Å²) in [6, 6.07) is 0. The molecule has 2 unspecified atom stereocenters. The number of rotatable bonds is 4. The molecule has 0 aliphatic carbocycles. The van der Waals surface area contributed by atoms with Gasteiger partial charge in [0, 0.05) is 12.5 Å². The van der Waals surface area contributed by atoms with Crippen LogP contribution in [0.3, 0.4) is 0 Å². The van der Waals surface area contributed by atoms with Gasteiger partial charge in [-0.05, 0) is 39.2 Å². The van der Waals surface area contributed by atoms with Crippen molar-refractivity contribution < 1.29 is 9.47 Å². The van der Waals surface area contributed by atoms with E-state index in [0.29, 0.717) is 0 Å². The van der Waals surface area contributed by atoms with Crippen LogP contribution in [0.2, 0.25) is 0 Å². The van der Waals surface area contributed by atoms with Crippen LogP contribution < -0.4 is 5.73 Å². The number of hydrogen-bond donors (Lipinski definition) is 1. The first-order chi connectivity index (χ1) is 6.58. The van der Waals surface area contributed by atoms with E-state index >= 15 is 0 Å². The molecule has 1 fully saturated rings. The van der Waals surface area contributed by atoms with Crippen molar-refractivity contribution in [3.63, 3.8) is 0 Å². The Hall–Kier alpha value is -0.120. The van der Waals surface area contributed by atoms with Crippen molar-refractivity contribution in [2.75, 3.05) is 20.3 Å². The van der Waals surface area contributed by atoms with Crippen molar-refractivity contribution in [3.8, 4) is 0 Å². The van der Waals surface area contributed by atoms with Gasteiger partial charge in [-0.2, -0.15) is 0 Å². The average molecular weight is 201 g/mol. The second-order valence-corrected chi connectivity index (χ2v) is 4.55. The predicted octanol–water partition coefficient (Wildman–Crippen LogP) is 1.90. The Morgan fingerprint density at radius 3 is 2.71 bits per heavy atom. The largest absolute Gasteiger partial charge is 0.353 e. The molecule has 1 rings (SSSR count). The van der Waals surface area contributed by atoms with Crippen molar-refractivity contribution in [2.24, 2.45) is 11.1 Å². The van der Waals surface area contributed by atoms with Gasteiger partial charge in [0.1, 0.15) is 0 Å². The molecule has 1 aliphatic rings. The normalized spacial score (nSPS) is 38.6. The highest BCUT2D eigenvalue weighted by molar-refractivity contribution is 4.90. The number of methoxy groups -OCH3 is 1. The SMILES string of the molecule is COC1(C)OCCCC1(C)CCCN. The molecule has 84 valence electrons. The summed E-state index contributed by atoms with van der Waals surface area (Å²) < 4.78 is 11.3. The van der Waals surface area contributed by atoms with Crippen molar-refractivity contribution >= 4 is 0 Å². The summed E-state index contributed by atoms with van der Waals surface area (Å²) in [6.07, 6.45) is 4.41. The van der Waals surface area contributed by atoms with Crippen LogP contribution in [-0.4, -0.2) is 26.0 Å². The van der Waals surface area contributed by atoms with Crippen LogP contribution in [0.4, 0.5) is 0 Å². The third-order valence-electron chi connectivity index (χ3n) is 3.67. The van der Waals surface area contributed by atoms with Crippen LogP contribution >= 0.6 is 0 Å². The molecular formula is C11H23NO2. The lowest BCUT2D eigenvalue weighted by Crippen LogP contribution is -2.51. The Morgan fingerprint density at radius 1 is 1.43 bits per heavy atom. The van der Waals surface area contributed by atoms with Crippen molar-refractivity contribution in [3.05, 3.63) is 0 Å². The Balaban J connectivity index is 2.69. The number of ether oxygens (including phenoxy) is 2. The maximum Gasteiger partial charge on any atom is 0.170 e. The summed E-state index contributed by atoms with van der Waals surface area (Å²) in [5.74, 6) is -0.430. The minimum Gasteiger partial charge on any atom is -0.353 e. The van der Waals surface area contributed by atoms with Gasteiger partial charge in [0.2, 0.25) is 0 Å². The first-order valence-electron chi connectivity index (χ1n) is 5.47. The molecule has 0 aromatic carbocycles. The van der Waals surface area contributed by atoms with E-state index in [4.69, 9.17) is 15.2 Å². The average Bonchev–Trinajstić information content (AvgIpc) is 2.20. The lowest BCUT2D eigenvalue weighted by molar-refractivity contribution is -0.296. The predicted molar refractivity (Wildman–Crippen MR) is 57.0 cm³/mol. The summed E-state index contributed by atoms with van der Waals surface area (Å²) in [5.41, 5.74) is 5.66. The summed E-state index contributed by atoms with van der Waals surface area (Å²) in [4.78, 5) is 0. The third kappa shape index (κ3) is 2.10. The minimum atomic E-state index is -0.430. The molecule has 0 saturated carbocycles. The second-order valence-electron chi connectivity index (χ2n) is 4.55. The molecule has 14 heavy (non-hydrogen) atoms. The van der Waals surface area contributed by atoms with E-state index in [2.05, 4.69) is 6.92 Å². The standard InChI is InChI=1S/C11H23NO2/c1-10(6-4-8-12)7-5-9-14-11(10,2)13-3/h4-9,12H2,1-3H3. The molecule has 3 heteroatoms. The molecular weight excluding hydrogens is 178 g/mol. The van der Waals surface area contributed by atoms with Crippen molar-refractivity contribution in [1.29, 1.82) is 0 Å². The minimum absolute atomic E-state index is 0.110. The highest BCUT2D eigenvalue weighted by atomic mass is 16.7. The zero-order chi connectivity index (χ0) is 10.7. The van der Waals surface area contributed by atoms with E-state index in [1.54, 1.807) is 7.11 Å². The van der Waals surface area contributed by atoms with Crippen molar-refractivity contribution in [2.45, 2.75) is 45.3 Å². The number of nitrogens with two attached hydrogens (primary N) is 1.